The van der Waals surface area contributed by atoms with Crippen molar-refractivity contribution < 1.29 is 54.8 Å². The number of carbonyl (C=O) groups excluding carboxylic acids is 1. The summed E-state index contributed by atoms with van der Waals surface area (Å²) in [6.45, 7) is 1.20. The smallest absolute Gasteiger partial charge is 0.219 e. The maximum Gasteiger partial charge on any atom is 0.219 e. The Balaban J connectivity index is 1.61. The van der Waals surface area contributed by atoms with Gasteiger partial charge in [0, 0.05) is 13.0 Å². The van der Waals surface area contributed by atoms with E-state index < -0.39 is 74.4 Å². The Morgan fingerprint density at radius 1 is 0.643 bits per heavy atom. The largest absolute Gasteiger partial charge is 0.394 e. The Morgan fingerprint density at radius 2 is 1.17 bits per heavy atom. The first-order chi connectivity index (χ1) is 20.2. The Hall–Kier alpha value is -0.930. The van der Waals surface area contributed by atoms with Gasteiger partial charge in [0.2, 0.25) is 5.91 Å². The van der Waals surface area contributed by atoms with Crippen molar-refractivity contribution >= 4 is 5.91 Å². The van der Waals surface area contributed by atoms with Crippen LogP contribution in [0.15, 0.2) is 0 Å². The summed E-state index contributed by atoms with van der Waals surface area (Å²) in [7, 11) is 0. The molecule has 2 heterocycles. The molecule has 0 spiro atoms. The molecule has 2 saturated heterocycles. The fourth-order valence-corrected chi connectivity index (χ4v) is 5.65. The number of amides is 1. The molecule has 2 fully saturated rings. The van der Waals surface area contributed by atoms with E-state index in [9.17, 15) is 40.5 Å². The predicted molar refractivity (Wildman–Crippen MR) is 154 cm³/mol. The monoisotopic (exact) mass is 607 g/mol. The zero-order valence-electron chi connectivity index (χ0n) is 25.3. The number of unbranched alkanes of at least 4 members (excludes halogenated alkanes) is 12. The van der Waals surface area contributed by atoms with Gasteiger partial charge in [0.15, 0.2) is 6.29 Å². The van der Waals surface area contributed by atoms with E-state index in [4.69, 9.17) is 14.2 Å². The summed E-state index contributed by atoms with van der Waals surface area (Å²) in [6, 6.07) is 0. The molecule has 10 atom stereocenters. The Bertz CT molecular complexity index is 713. The highest BCUT2D eigenvalue weighted by molar-refractivity contribution is 5.75. The minimum Gasteiger partial charge on any atom is -0.394 e. The zero-order valence-corrected chi connectivity index (χ0v) is 25.3. The molecule has 0 aliphatic carbocycles. The van der Waals surface area contributed by atoms with E-state index in [2.05, 4.69) is 12.2 Å². The maximum absolute atomic E-state index is 12.2. The molecule has 2 rings (SSSR count). The molecule has 2 aliphatic rings. The minimum atomic E-state index is -1.71. The summed E-state index contributed by atoms with van der Waals surface area (Å²) in [5.74, 6) is -0.0912. The van der Waals surface area contributed by atoms with Crippen LogP contribution in [0.1, 0.15) is 103 Å². The van der Waals surface area contributed by atoms with Gasteiger partial charge in [-0.25, -0.2) is 0 Å². The summed E-state index contributed by atoms with van der Waals surface area (Å²) in [5.41, 5.74) is 0. The van der Waals surface area contributed by atoms with Crippen molar-refractivity contribution in [3.05, 3.63) is 0 Å². The second-order valence-electron chi connectivity index (χ2n) is 11.8. The first kappa shape index (κ1) is 37.3. The number of hydrogen-bond acceptors (Lipinski definition) is 11. The van der Waals surface area contributed by atoms with Crippen LogP contribution in [0.5, 0.6) is 0 Å². The molecule has 0 unspecified atom stereocenters. The lowest BCUT2D eigenvalue weighted by Crippen LogP contribution is -2.64. The Kier molecular flexibility index (Phi) is 18.6. The topological polar surface area (TPSA) is 198 Å². The highest BCUT2D eigenvalue weighted by Gasteiger charge is 2.50. The van der Waals surface area contributed by atoms with Crippen LogP contribution in [0.4, 0.5) is 0 Å². The normalized spacial score (nSPS) is 33.5. The quantitative estimate of drug-likeness (QED) is 0.0852. The molecule has 0 aromatic carbocycles. The molecule has 2 aliphatic heterocycles. The van der Waals surface area contributed by atoms with Gasteiger partial charge >= 0.3 is 0 Å². The van der Waals surface area contributed by atoms with Crippen molar-refractivity contribution in [2.45, 2.75) is 164 Å². The van der Waals surface area contributed by atoms with Crippen LogP contribution in [0, 0.1) is 0 Å². The van der Waals surface area contributed by atoms with E-state index in [1.807, 2.05) is 0 Å². The first-order valence-corrected chi connectivity index (χ1v) is 16.1. The van der Waals surface area contributed by atoms with Gasteiger partial charge in [-0.05, 0) is 12.8 Å². The van der Waals surface area contributed by atoms with Gasteiger partial charge < -0.3 is 55.3 Å². The second-order valence-corrected chi connectivity index (χ2v) is 11.8. The van der Waals surface area contributed by atoms with Crippen LogP contribution in [-0.2, 0) is 19.0 Å². The summed E-state index contributed by atoms with van der Waals surface area (Å²) in [6.07, 6.45) is 2.56. The maximum atomic E-state index is 12.2. The van der Waals surface area contributed by atoms with Crippen LogP contribution >= 0.6 is 0 Å². The van der Waals surface area contributed by atoms with Gasteiger partial charge in [0.05, 0.1) is 19.3 Å². The van der Waals surface area contributed by atoms with Crippen molar-refractivity contribution in [2.24, 2.45) is 0 Å². The van der Waals surface area contributed by atoms with Crippen molar-refractivity contribution in [1.82, 2.24) is 5.32 Å². The molecule has 42 heavy (non-hydrogen) atoms. The van der Waals surface area contributed by atoms with Crippen molar-refractivity contribution in [3.8, 4) is 0 Å². The fraction of sp³-hybridized carbons (Fsp3) is 0.967. The van der Waals surface area contributed by atoms with E-state index in [-0.39, 0.29) is 18.9 Å². The molecule has 0 aromatic rings. The van der Waals surface area contributed by atoms with E-state index in [1.54, 1.807) is 0 Å². The summed E-state index contributed by atoms with van der Waals surface area (Å²) in [5, 5.41) is 73.5. The van der Waals surface area contributed by atoms with Crippen LogP contribution < -0.4 is 5.32 Å². The van der Waals surface area contributed by atoms with Crippen LogP contribution in [-0.4, -0.2) is 123 Å². The summed E-state index contributed by atoms with van der Waals surface area (Å²) >= 11 is 0. The molecule has 0 aromatic heterocycles. The molecule has 0 saturated carbocycles. The number of aliphatic hydroxyl groups excluding tert-OH is 7. The van der Waals surface area contributed by atoms with Crippen molar-refractivity contribution in [2.75, 3.05) is 19.8 Å². The molecule has 0 radical (unpaired) electrons. The third kappa shape index (κ3) is 12.2. The Morgan fingerprint density at radius 3 is 1.71 bits per heavy atom. The molecule has 12 heteroatoms. The molecule has 1 amide bonds. The lowest BCUT2D eigenvalue weighted by atomic mass is 9.93. The zero-order chi connectivity index (χ0) is 30.9. The SMILES string of the molecule is CCCCCCCCCCCCCCCC(=O)NCC[C@@H]1O[C@H](CO)[C@@H](O[C@@H]2O[C@H](CO)[C@H](O)[C@H](O)[C@H]2O)[C@H](O)[C@H]1O. The van der Waals surface area contributed by atoms with Crippen LogP contribution in [0.25, 0.3) is 0 Å². The molecule has 8 N–H and O–H groups in total. The lowest BCUT2D eigenvalue weighted by Gasteiger charge is -2.46. The number of ether oxygens (including phenoxy) is 3. The standard InChI is InChI=1S/C30H57NO11/c1-2-3-4-5-6-7-8-9-10-11-12-13-14-15-23(34)31-17-16-20-24(35)27(38)29(22(19-33)40-20)42-30-28(39)26(37)25(36)21(18-32)41-30/h20-22,24-30,32-33,35-39H,2-19H2,1H3,(H,31,34)/t20-,21+,22+,24-,25-,26-,27+,28+,29+,30-/m0/s1. The number of nitrogens with one attached hydrogen (secondary N) is 1. The van der Waals surface area contributed by atoms with Gasteiger partial charge in [-0.1, -0.05) is 84.0 Å². The lowest BCUT2D eigenvalue weighted by molar-refractivity contribution is -0.342. The number of aliphatic hydroxyl groups is 7. The average Bonchev–Trinajstić information content (AvgIpc) is 2.98. The average molecular weight is 608 g/mol. The number of carbonyl (C=O) groups is 1. The van der Waals surface area contributed by atoms with Crippen molar-refractivity contribution in [1.29, 1.82) is 0 Å². The molecular weight excluding hydrogens is 550 g/mol. The Labute approximate surface area is 250 Å². The molecule has 12 nitrogen and oxygen atoms in total. The van der Waals surface area contributed by atoms with E-state index in [1.165, 1.54) is 64.2 Å². The van der Waals surface area contributed by atoms with Gasteiger partial charge in [-0.15, -0.1) is 0 Å². The number of rotatable bonds is 21. The minimum absolute atomic E-state index is 0.0912. The van der Waals surface area contributed by atoms with Crippen LogP contribution in [0.2, 0.25) is 0 Å². The van der Waals surface area contributed by atoms with Gasteiger partial charge in [-0.3, -0.25) is 4.79 Å². The van der Waals surface area contributed by atoms with Gasteiger partial charge in [0.1, 0.15) is 48.8 Å². The van der Waals surface area contributed by atoms with Crippen molar-refractivity contribution in [3.63, 3.8) is 0 Å². The van der Waals surface area contributed by atoms with E-state index >= 15 is 0 Å². The summed E-state index contributed by atoms with van der Waals surface area (Å²) < 4.78 is 16.6. The second kappa shape index (κ2) is 20.9. The molecule has 248 valence electrons. The van der Waals surface area contributed by atoms with Gasteiger partial charge in [-0.2, -0.15) is 0 Å². The van der Waals surface area contributed by atoms with E-state index in [0.717, 1.165) is 19.3 Å². The number of hydrogen-bond donors (Lipinski definition) is 8. The van der Waals surface area contributed by atoms with Gasteiger partial charge in [0.25, 0.3) is 0 Å². The fourth-order valence-electron chi connectivity index (χ4n) is 5.65. The third-order valence-corrected chi connectivity index (χ3v) is 8.36. The first-order valence-electron chi connectivity index (χ1n) is 16.1. The third-order valence-electron chi connectivity index (χ3n) is 8.36. The molecule has 0 bridgehead atoms. The predicted octanol–water partition coefficient (Wildman–Crippen LogP) is 0.641. The van der Waals surface area contributed by atoms with E-state index in [0.29, 0.717) is 6.42 Å². The highest BCUT2D eigenvalue weighted by Crippen LogP contribution is 2.30. The van der Waals surface area contributed by atoms with Crippen LogP contribution in [0.3, 0.4) is 0 Å². The highest BCUT2D eigenvalue weighted by atomic mass is 16.7. The summed E-state index contributed by atoms with van der Waals surface area (Å²) in [4.78, 5) is 12.2. The molecular formula is C30H57NO11.